The number of hydrogen-bond acceptors (Lipinski definition) is 5. The van der Waals surface area contributed by atoms with Gasteiger partial charge in [0.15, 0.2) is 11.5 Å². The second-order valence-electron chi connectivity index (χ2n) is 7.20. The summed E-state index contributed by atoms with van der Waals surface area (Å²) in [6.07, 6.45) is 1.43. The third-order valence-electron chi connectivity index (χ3n) is 5.32. The third-order valence-corrected chi connectivity index (χ3v) is 5.32. The number of rotatable bonds is 10. The number of likely N-dealkylation sites (N-methyl/N-ethyl adjacent to an activating group) is 1. The number of ether oxygens (including phenoxy) is 2. The van der Waals surface area contributed by atoms with Gasteiger partial charge in [-0.15, -0.1) is 0 Å². The van der Waals surface area contributed by atoms with Gasteiger partial charge in [-0.1, -0.05) is 26.0 Å². The van der Waals surface area contributed by atoms with Crippen LogP contribution < -0.4 is 14.8 Å². The molecule has 2 aromatic carbocycles. The van der Waals surface area contributed by atoms with Crippen LogP contribution in [-0.2, 0) is 0 Å². The SMILES string of the molecule is CCN(CC)CCOc1cc(NC(=O)c2cnn(-c3ccccc3F)c2C)ccc1OC. The second-order valence-corrected chi connectivity index (χ2v) is 7.20. The van der Waals surface area contributed by atoms with Crippen LogP contribution in [0, 0.1) is 12.7 Å². The molecule has 0 unspecified atom stereocenters. The lowest BCUT2D eigenvalue weighted by Gasteiger charge is -2.19. The number of nitrogens with one attached hydrogen (secondary N) is 1. The van der Waals surface area contributed by atoms with Gasteiger partial charge in [-0.25, -0.2) is 9.07 Å². The highest BCUT2D eigenvalue weighted by molar-refractivity contribution is 6.05. The van der Waals surface area contributed by atoms with Gasteiger partial charge >= 0.3 is 0 Å². The van der Waals surface area contributed by atoms with Crippen LogP contribution in [0.1, 0.15) is 29.9 Å². The Labute approximate surface area is 187 Å². The number of benzene rings is 2. The molecule has 170 valence electrons. The number of carbonyl (C=O) groups excluding carboxylic acids is 1. The van der Waals surface area contributed by atoms with E-state index in [9.17, 15) is 9.18 Å². The van der Waals surface area contributed by atoms with Gasteiger partial charge in [0.25, 0.3) is 5.91 Å². The summed E-state index contributed by atoms with van der Waals surface area (Å²) < 4.78 is 26.8. The van der Waals surface area contributed by atoms with E-state index in [1.54, 1.807) is 50.4 Å². The molecule has 0 bridgehead atoms. The average molecular weight is 441 g/mol. The monoisotopic (exact) mass is 440 g/mol. The Hall–Kier alpha value is -3.39. The van der Waals surface area contributed by atoms with Crippen molar-refractivity contribution in [3.63, 3.8) is 0 Å². The Kier molecular flexibility index (Phi) is 7.83. The van der Waals surface area contributed by atoms with E-state index in [1.807, 2.05) is 0 Å². The Morgan fingerprint density at radius 1 is 1.16 bits per heavy atom. The fourth-order valence-corrected chi connectivity index (χ4v) is 3.39. The Balaban J connectivity index is 1.74. The predicted molar refractivity (Wildman–Crippen MR) is 122 cm³/mol. The van der Waals surface area contributed by atoms with Crippen molar-refractivity contribution < 1.29 is 18.7 Å². The zero-order valence-corrected chi connectivity index (χ0v) is 18.9. The molecule has 0 saturated carbocycles. The fraction of sp³-hybridized carbons (Fsp3) is 0.333. The zero-order chi connectivity index (χ0) is 23.1. The molecule has 0 fully saturated rings. The van der Waals surface area contributed by atoms with Crippen LogP contribution in [0.15, 0.2) is 48.7 Å². The first-order chi connectivity index (χ1) is 15.5. The number of aromatic nitrogens is 2. The summed E-state index contributed by atoms with van der Waals surface area (Å²) in [7, 11) is 1.57. The van der Waals surface area contributed by atoms with Crippen molar-refractivity contribution in [2.24, 2.45) is 0 Å². The Morgan fingerprint density at radius 3 is 2.59 bits per heavy atom. The van der Waals surface area contributed by atoms with Gasteiger partial charge in [-0.05, 0) is 44.3 Å². The Morgan fingerprint density at radius 2 is 1.91 bits per heavy atom. The molecule has 1 amide bonds. The summed E-state index contributed by atoms with van der Waals surface area (Å²) in [5.41, 5.74) is 1.74. The molecule has 0 radical (unpaired) electrons. The molecular formula is C24H29FN4O3. The third kappa shape index (κ3) is 5.26. The van der Waals surface area contributed by atoms with Crippen molar-refractivity contribution >= 4 is 11.6 Å². The van der Waals surface area contributed by atoms with E-state index >= 15 is 0 Å². The maximum Gasteiger partial charge on any atom is 0.259 e. The lowest BCUT2D eigenvalue weighted by atomic mass is 10.2. The normalized spacial score (nSPS) is 10.9. The molecule has 3 rings (SSSR count). The molecule has 8 heteroatoms. The molecule has 1 N–H and O–H groups in total. The van der Waals surface area contributed by atoms with Crippen molar-refractivity contribution in [2.45, 2.75) is 20.8 Å². The molecule has 1 aromatic heterocycles. The van der Waals surface area contributed by atoms with Crippen molar-refractivity contribution in [3.05, 3.63) is 65.7 Å². The van der Waals surface area contributed by atoms with E-state index in [0.29, 0.717) is 35.1 Å². The number of hydrogen-bond donors (Lipinski definition) is 1. The maximum absolute atomic E-state index is 14.1. The largest absolute Gasteiger partial charge is 0.493 e. The standard InChI is InChI=1S/C24H29FN4O3/c1-5-28(6-2)13-14-32-23-15-18(11-12-22(23)31-4)27-24(30)19-16-26-29(17(19)3)21-10-8-7-9-20(21)25/h7-12,15-16H,5-6,13-14H2,1-4H3,(H,27,30). The first kappa shape index (κ1) is 23.3. The number of anilines is 1. The number of para-hydroxylation sites is 1. The van der Waals surface area contributed by atoms with Gasteiger partial charge in [0.1, 0.15) is 18.1 Å². The highest BCUT2D eigenvalue weighted by atomic mass is 19.1. The second kappa shape index (κ2) is 10.8. The number of amides is 1. The van der Waals surface area contributed by atoms with Crippen LogP contribution in [0.4, 0.5) is 10.1 Å². The minimum atomic E-state index is -0.410. The molecule has 0 atom stereocenters. The molecule has 1 heterocycles. The summed E-state index contributed by atoms with van der Waals surface area (Å²) in [4.78, 5) is 15.1. The van der Waals surface area contributed by atoms with Crippen LogP contribution in [-0.4, -0.2) is 53.9 Å². The number of nitrogens with zero attached hydrogens (tertiary/aromatic N) is 3. The highest BCUT2D eigenvalue weighted by Crippen LogP contribution is 2.30. The minimum Gasteiger partial charge on any atom is -0.493 e. The van der Waals surface area contributed by atoms with Gasteiger partial charge in [0, 0.05) is 18.3 Å². The smallest absolute Gasteiger partial charge is 0.259 e. The van der Waals surface area contributed by atoms with Crippen LogP contribution in [0.5, 0.6) is 11.5 Å². The first-order valence-electron chi connectivity index (χ1n) is 10.6. The first-order valence-corrected chi connectivity index (χ1v) is 10.6. The topological polar surface area (TPSA) is 68.6 Å². The van der Waals surface area contributed by atoms with E-state index in [1.165, 1.54) is 16.9 Å². The molecule has 0 spiro atoms. The fourth-order valence-electron chi connectivity index (χ4n) is 3.39. The van der Waals surface area contributed by atoms with Gasteiger partial charge in [0.05, 0.1) is 24.6 Å². The van der Waals surface area contributed by atoms with Crippen LogP contribution in [0.25, 0.3) is 5.69 Å². The van der Waals surface area contributed by atoms with Gasteiger partial charge in [-0.3, -0.25) is 4.79 Å². The summed E-state index contributed by atoms with van der Waals surface area (Å²) >= 11 is 0. The van der Waals surface area contributed by atoms with E-state index in [2.05, 4.69) is 29.2 Å². The molecule has 32 heavy (non-hydrogen) atoms. The van der Waals surface area contributed by atoms with Crippen LogP contribution >= 0.6 is 0 Å². The van der Waals surface area contributed by atoms with Gasteiger partial charge < -0.3 is 19.7 Å². The summed E-state index contributed by atoms with van der Waals surface area (Å²) in [5, 5.41) is 7.05. The van der Waals surface area contributed by atoms with Crippen molar-refractivity contribution in [1.29, 1.82) is 0 Å². The molecule has 0 saturated heterocycles. The van der Waals surface area contributed by atoms with Crippen molar-refractivity contribution in [1.82, 2.24) is 14.7 Å². The lowest BCUT2D eigenvalue weighted by molar-refractivity contribution is 0.102. The zero-order valence-electron chi connectivity index (χ0n) is 18.9. The number of carbonyl (C=O) groups is 1. The van der Waals surface area contributed by atoms with E-state index < -0.39 is 5.82 Å². The van der Waals surface area contributed by atoms with Gasteiger partial charge in [0.2, 0.25) is 0 Å². The molecule has 0 aliphatic heterocycles. The average Bonchev–Trinajstić information content (AvgIpc) is 3.18. The Bertz CT molecular complexity index is 1060. The molecule has 0 aliphatic rings. The summed E-state index contributed by atoms with van der Waals surface area (Å²) in [5.74, 6) is 0.388. The van der Waals surface area contributed by atoms with Crippen LogP contribution in [0.2, 0.25) is 0 Å². The molecule has 0 aliphatic carbocycles. The minimum absolute atomic E-state index is 0.289. The van der Waals surface area contributed by atoms with Crippen molar-refractivity contribution in [3.8, 4) is 17.2 Å². The maximum atomic E-state index is 14.1. The van der Waals surface area contributed by atoms with E-state index in [-0.39, 0.29) is 11.6 Å². The summed E-state index contributed by atoms with van der Waals surface area (Å²) in [6, 6.07) is 11.5. The lowest BCUT2D eigenvalue weighted by Crippen LogP contribution is -2.28. The summed E-state index contributed by atoms with van der Waals surface area (Å²) in [6.45, 7) is 9.14. The molecule has 7 nitrogen and oxygen atoms in total. The highest BCUT2D eigenvalue weighted by Gasteiger charge is 2.18. The molecular weight excluding hydrogens is 411 g/mol. The molecule has 3 aromatic rings. The quantitative estimate of drug-likeness (QED) is 0.509. The van der Waals surface area contributed by atoms with E-state index in [0.717, 1.165) is 19.6 Å². The number of halogens is 1. The number of methoxy groups -OCH3 is 1. The van der Waals surface area contributed by atoms with Gasteiger partial charge in [-0.2, -0.15) is 5.10 Å². The van der Waals surface area contributed by atoms with Crippen LogP contribution in [0.3, 0.4) is 0 Å². The van der Waals surface area contributed by atoms with E-state index in [4.69, 9.17) is 9.47 Å². The predicted octanol–water partition coefficient (Wildman–Crippen LogP) is 4.30. The van der Waals surface area contributed by atoms with Crippen molar-refractivity contribution in [2.75, 3.05) is 38.7 Å².